The van der Waals surface area contributed by atoms with Gasteiger partial charge in [-0.1, -0.05) is 30.3 Å². The van der Waals surface area contributed by atoms with E-state index in [2.05, 4.69) is 15.3 Å². The predicted octanol–water partition coefficient (Wildman–Crippen LogP) is 4.84. The lowest BCUT2D eigenvalue weighted by atomic mass is 9.97. The number of halogens is 1. The van der Waals surface area contributed by atoms with Gasteiger partial charge in [-0.2, -0.15) is 0 Å². The van der Waals surface area contributed by atoms with Crippen molar-refractivity contribution in [3.8, 4) is 0 Å². The fourth-order valence-electron chi connectivity index (χ4n) is 5.62. The molecule has 1 N–H and O–H groups in total. The highest BCUT2D eigenvalue weighted by Crippen LogP contribution is 2.43. The van der Waals surface area contributed by atoms with Crippen molar-refractivity contribution >= 4 is 28.8 Å². The molecule has 7 rings (SSSR count). The number of benzene rings is 2. The average Bonchev–Trinajstić information content (AvgIpc) is 3.59. The summed E-state index contributed by atoms with van der Waals surface area (Å²) in [6.07, 6.45) is 8.43. The fourth-order valence-corrected chi connectivity index (χ4v) is 5.62. The Bertz CT molecular complexity index is 1630. The van der Waals surface area contributed by atoms with Crippen molar-refractivity contribution in [1.82, 2.24) is 24.8 Å². The molecule has 0 aliphatic carbocycles. The summed E-state index contributed by atoms with van der Waals surface area (Å²) in [7, 11) is 0. The molecule has 0 spiro atoms. The highest BCUT2D eigenvalue weighted by Gasteiger charge is 2.41. The molecule has 4 aromatic rings. The van der Waals surface area contributed by atoms with Crippen molar-refractivity contribution in [3.63, 3.8) is 0 Å². The number of aliphatic imine (C=N–C) groups is 1. The number of aromatic nitrogens is 3. The van der Waals surface area contributed by atoms with Crippen molar-refractivity contribution < 1.29 is 13.9 Å². The fraction of sp³-hybridized carbons (Fsp3) is 0.233. The molecule has 3 aliphatic heterocycles. The molecule has 2 aromatic carbocycles. The Morgan fingerprint density at radius 3 is 2.65 bits per heavy atom. The zero-order valence-electron chi connectivity index (χ0n) is 21.5. The minimum Gasteiger partial charge on any atom is -0.432 e. The van der Waals surface area contributed by atoms with E-state index in [0.29, 0.717) is 30.6 Å². The van der Waals surface area contributed by atoms with Gasteiger partial charge in [0.15, 0.2) is 0 Å². The van der Waals surface area contributed by atoms with Crippen LogP contribution in [0.3, 0.4) is 0 Å². The van der Waals surface area contributed by atoms with Gasteiger partial charge >= 0.3 is 0 Å². The molecule has 10 heteroatoms. The van der Waals surface area contributed by atoms with E-state index < -0.39 is 0 Å². The van der Waals surface area contributed by atoms with Crippen molar-refractivity contribution in [1.29, 1.82) is 0 Å². The first-order valence-corrected chi connectivity index (χ1v) is 13.3. The molecule has 2 atom stereocenters. The van der Waals surface area contributed by atoms with E-state index in [1.54, 1.807) is 30.8 Å². The van der Waals surface area contributed by atoms with Gasteiger partial charge in [0.05, 0.1) is 16.8 Å². The number of pyridine rings is 1. The van der Waals surface area contributed by atoms with Gasteiger partial charge < -0.3 is 15.0 Å². The maximum Gasteiger partial charge on any atom is 0.298 e. The van der Waals surface area contributed by atoms with Crippen LogP contribution in [0.25, 0.3) is 10.9 Å². The lowest BCUT2D eigenvalue weighted by molar-refractivity contribution is 0.0720. The van der Waals surface area contributed by atoms with Crippen molar-refractivity contribution in [2.45, 2.75) is 31.0 Å². The second-order valence-corrected chi connectivity index (χ2v) is 10.1. The monoisotopic (exact) mass is 535 g/mol. The van der Waals surface area contributed by atoms with Crippen molar-refractivity contribution in [2.75, 3.05) is 18.4 Å². The maximum atomic E-state index is 13.6. The highest BCUT2D eigenvalue weighted by atomic mass is 19.1. The van der Waals surface area contributed by atoms with Crippen LogP contribution in [-0.4, -0.2) is 55.8 Å². The summed E-state index contributed by atoms with van der Waals surface area (Å²) in [5, 5.41) is 4.43. The number of likely N-dealkylation sites (tertiary alicyclic amines) is 1. The van der Waals surface area contributed by atoms with Crippen LogP contribution in [0.2, 0.25) is 0 Å². The summed E-state index contributed by atoms with van der Waals surface area (Å²) < 4.78 is 19.1. The number of anilines is 1. The Morgan fingerprint density at radius 2 is 1.80 bits per heavy atom. The minimum absolute atomic E-state index is 0.00533. The first kappa shape index (κ1) is 24.2. The number of nitrogens with zero attached hydrogens (tertiary/aromatic N) is 6. The van der Waals surface area contributed by atoms with Crippen LogP contribution >= 0.6 is 0 Å². The topological polar surface area (TPSA) is 95.8 Å². The lowest BCUT2D eigenvalue weighted by Crippen LogP contribution is -2.42. The highest BCUT2D eigenvalue weighted by molar-refractivity contribution is 6.05. The van der Waals surface area contributed by atoms with Gasteiger partial charge in [0, 0.05) is 43.1 Å². The zero-order valence-corrected chi connectivity index (χ0v) is 21.5. The number of carbonyl (C=O) groups is 1. The molecule has 1 fully saturated rings. The lowest BCUT2D eigenvalue weighted by Gasteiger charge is -2.32. The van der Waals surface area contributed by atoms with Gasteiger partial charge in [-0.15, -0.1) is 0 Å². The molecule has 5 heterocycles. The number of piperidine rings is 1. The summed E-state index contributed by atoms with van der Waals surface area (Å²) in [6.45, 7) is 1.25. The second-order valence-electron chi connectivity index (χ2n) is 10.1. The van der Waals surface area contributed by atoms with Gasteiger partial charge in [-0.3, -0.25) is 14.7 Å². The van der Waals surface area contributed by atoms with E-state index in [1.807, 2.05) is 52.4 Å². The van der Waals surface area contributed by atoms with Crippen LogP contribution in [0.15, 0.2) is 90.5 Å². The number of para-hydroxylation sites is 1. The van der Waals surface area contributed by atoms with Crippen LogP contribution in [0.4, 0.5) is 10.3 Å². The van der Waals surface area contributed by atoms with Gasteiger partial charge in [0.25, 0.3) is 11.9 Å². The Kier molecular flexibility index (Phi) is 6.07. The SMILES string of the molecule is O=C(c1cccc2cccnc12)N1CCC(Nc2nccc(C3C(c4ccc(F)cc4)N=C4OC=CN43)n2)CC1. The minimum atomic E-state index is -0.305. The molecule has 40 heavy (non-hydrogen) atoms. The summed E-state index contributed by atoms with van der Waals surface area (Å²) >= 11 is 0. The smallest absolute Gasteiger partial charge is 0.298 e. The third-order valence-corrected chi connectivity index (χ3v) is 7.63. The van der Waals surface area contributed by atoms with Crippen LogP contribution in [0.1, 0.15) is 46.5 Å². The van der Waals surface area contributed by atoms with E-state index in [1.165, 1.54) is 12.1 Å². The van der Waals surface area contributed by atoms with E-state index in [4.69, 9.17) is 14.7 Å². The molecule has 0 saturated carbocycles. The van der Waals surface area contributed by atoms with Crippen LogP contribution in [0.5, 0.6) is 0 Å². The Labute approximate surface area is 230 Å². The molecule has 0 bridgehead atoms. The number of rotatable bonds is 5. The third kappa shape index (κ3) is 4.41. The third-order valence-electron chi connectivity index (χ3n) is 7.63. The Hall–Kier alpha value is -4.86. The predicted molar refractivity (Wildman–Crippen MR) is 148 cm³/mol. The summed E-state index contributed by atoms with van der Waals surface area (Å²) in [5.74, 6) is 0.236. The standard InChI is InChI=1S/C30H26FN7O2/c31-21-8-6-20(7-9-21)26-27(38-17-18-40-30(38)36-26)24-10-14-33-29(35-24)34-22-11-15-37(16-12-22)28(39)23-5-1-3-19-4-2-13-32-25(19)23/h1-10,13-14,17-18,22,26-27H,11-12,15-16H2,(H,33,34,35). The van der Waals surface area contributed by atoms with Crippen LogP contribution < -0.4 is 5.32 Å². The normalized spacial score (nSPS) is 20.4. The summed E-state index contributed by atoms with van der Waals surface area (Å²) in [6, 6.07) is 17.9. The van der Waals surface area contributed by atoms with Gasteiger partial charge in [-0.05, 0) is 48.7 Å². The number of hydrogen-bond acceptors (Lipinski definition) is 8. The maximum absolute atomic E-state index is 13.6. The molecule has 2 unspecified atom stereocenters. The first-order chi connectivity index (χ1) is 19.6. The van der Waals surface area contributed by atoms with E-state index in [9.17, 15) is 9.18 Å². The van der Waals surface area contributed by atoms with E-state index in [-0.39, 0.29) is 29.8 Å². The molecule has 0 radical (unpaired) electrons. The van der Waals surface area contributed by atoms with E-state index in [0.717, 1.165) is 35.0 Å². The largest absolute Gasteiger partial charge is 0.432 e. The van der Waals surface area contributed by atoms with Crippen LogP contribution in [-0.2, 0) is 4.74 Å². The number of amidine groups is 1. The van der Waals surface area contributed by atoms with Gasteiger partial charge in [0.1, 0.15) is 24.2 Å². The average molecular weight is 536 g/mol. The molecule has 3 aliphatic rings. The van der Waals surface area contributed by atoms with Crippen molar-refractivity contribution in [3.05, 3.63) is 108 Å². The summed E-state index contributed by atoms with van der Waals surface area (Å²) in [4.78, 5) is 35.6. The second kappa shape index (κ2) is 10.0. The van der Waals surface area contributed by atoms with Gasteiger partial charge in [-0.25, -0.2) is 19.4 Å². The van der Waals surface area contributed by atoms with Crippen molar-refractivity contribution in [2.24, 2.45) is 4.99 Å². The number of hydrogen-bond donors (Lipinski definition) is 1. The molecule has 1 saturated heterocycles. The number of ether oxygens (including phenoxy) is 1. The molecule has 1 amide bonds. The first-order valence-electron chi connectivity index (χ1n) is 13.3. The molecular formula is C30H26FN7O2. The number of carbonyl (C=O) groups excluding carboxylic acids is 1. The van der Waals surface area contributed by atoms with E-state index >= 15 is 0 Å². The van der Waals surface area contributed by atoms with Gasteiger partial charge in [0.2, 0.25) is 5.95 Å². The number of nitrogens with one attached hydrogen (secondary N) is 1. The zero-order chi connectivity index (χ0) is 27.1. The number of fused-ring (bicyclic) bond motifs is 2. The molecule has 200 valence electrons. The quantitative estimate of drug-likeness (QED) is 0.391. The molecular weight excluding hydrogens is 509 g/mol. The van der Waals surface area contributed by atoms with Crippen LogP contribution in [0, 0.1) is 5.82 Å². The molecule has 2 aromatic heterocycles. The Balaban J connectivity index is 1.05. The number of amides is 1. The summed E-state index contributed by atoms with van der Waals surface area (Å²) in [5.41, 5.74) is 3.01. The Morgan fingerprint density at radius 1 is 0.975 bits per heavy atom. The molecule has 9 nitrogen and oxygen atoms in total.